The van der Waals surface area contributed by atoms with Crippen LogP contribution in [0.3, 0.4) is 0 Å². The number of para-hydroxylation sites is 4. The van der Waals surface area contributed by atoms with E-state index < -0.39 is 0 Å². The summed E-state index contributed by atoms with van der Waals surface area (Å²) in [5, 5.41) is 17.1. The largest absolute Gasteiger partial charge is 0.354 e. The second-order valence-electron chi connectivity index (χ2n) is 12.9. The second-order valence-corrected chi connectivity index (χ2v) is 12.9. The molecule has 4 N–H and O–H groups in total. The van der Waals surface area contributed by atoms with Gasteiger partial charge < -0.3 is 21.3 Å². The fourth-order valence-electron chi connectivity index (χ4n) is 6.69. The zero-order chi connectivity index (χ0) is 36.4. The molecule has 8 heteroatoms. The van der Waals surface area contributed by atoms with Crippen LogP contribution < -0.4 is 21.3 Å². The van der Waals surface area contributed by atoms with E-state index in [1.165, 1.54) is 0 Å². The van der Waals surface area contributed by atoms with E-state index >= 15 is 0 Å². The van der Waals surface area contributed by atoms with E-state index in [0.29, 0.717) is 22.5 Å². The van der Waals surface area contributed by atoms with Crippen LogP contribution in [-0.2, 0) is 0 Å². The topological polar surface area (TPSA) is 108 Å². The Bertz CT molecular complexity index is 2550. The van der Waals surface area contributed by atoms with E-state index in [2.05, 4.69) is 45.5 Å². The summed E-state index contributed by atoms with van der Waals surface area (Å²) < 4.78 is 0. The van der Waals surface area contributed by atoms with Crippen molar-refractivity contribution in [1.29, 1.82) is 0 Å². The minimum Gasteiger partial charge on any atom is -0.354 e. The molecule has 0 saturated carbocycles. The minimum atomic E-state index is -0.236. The average molecular weight is 701 g/mol. The van der Waals surface area contributed by atoms with Gasteiger partial charge in [0, 0.05) is 55.4 Å². The Labute approximate surface area is 310 Å². The lowest BCUT2D eigenvalue weighted by molar-refractivity contribution is 0.101. The van der Waals surface area contributed by atoms with Crippen LogP contribution >= 0.6 is 0 Å². The highest BCUT2D eigenvalue weighted by atomic mass is 16.2. The molecule has 54 heavy (non-hydrogen) atoms. The highest BCUT2D eigenvalue weighted by molar-refractivity contribution is 6.10. The van der Waals surface area contributed by atoms with Crippen LogP contribution in [0.5, 0.6) is 0 Å². The minimum absolute atomic E-state index is 0.236. The Morgan fingerprint density at radius 2 is 0.611 bits per heavy atom. The molecule has 0 aliphatic heterocycles. The van der Waals surface area contributed by atoms with Gasteiger partial charge in [0.15, 0.2) is 0 Å². The molecule has 0 radical (unpaired) electrons. The maximum absolute atomic E-state index is 13.1. The predicted octanol–water partition coefficient (Wildman–Crippen LogP) is 11.1. The molecule has 8 nitrogen and oxygen atoms in total. The molecule has 0 aliphatic carbocycles. The molecule has 0 saturated heterocycles. The SMILES string of the molecule is O=C(Nc1ccc(NC(=O)c2ccc(Nc3c4ccccc4nc4ccccc34)cc2)cc1)c1ccc(Nc2c3ccccc3nc3ccccc23)cc1. The number of hydrogen-bond donors (Lipinski definition) is 4. The summed E-state index contributed by atoms with van der Waals surface area (Å²) in [4.78, 5) is 35.9. The van der Waals surface area contributed by atoms with Gasteiger partial charge in [-0.15, -0.1) is 0 Å². The Morgan fingerprint density at radius 1 is 0.333 bits per heavy atom. The number of amides is 2. The number of pyridine rings is 2. The van der Waals surface area contributed by atoms with Gasteiger partial charge >= 0.3 is 0 Å². The van der Waals surface area contributed by atoms with Crippen molar-refractivity contribution in [2.75, 3.05) is 21.3 Å². The van der Waals surface area contributed by atoms with Gasteiger partial charge in [0.2, 0.25) is 0 Å². The van der Waals surface area contributed by atoms with Crippen molar-refractivity contribution in [3.05, 3.63) is 181 Å². The normalized spacial score (nSPS) is 11.1. The Balaban J connectivity index is 0.838. The maximum atomic E-state index is 13.1. The molecule has 9 aromatic rings. The van der Waals surface area contributed by atoms with Crippen molar-refractivity contribution in [3.63, 3.8) is 0 Å². The summed E-state index contributed by atoms with van der Waals surface area (Å²) in [5.41, 5.74) is 9.56. The Morgan fingerprint density at radius 3 is 0.926 bits per heavy atom. The van der Waals surface area contributed by atoms with Crippen LogP contribution in [0.15, 0.2) is 170 Å². The number of carbonyl (C=O) groups is 2. The summed E-state index contributed by atoms with van der Waals surface area (Å²) in [5.74, 6) is -0.473. The third-order valence-electron chi connectivity index (χ3n) is 9.41. The molecule has 258 valence electrons. The lowest BCUT2D eigenvalue weighted by Crippen LogP contribution is -2.13. The molecular weight excluding hydrogens is 669 g/mol. The monoisotopic (exact) mass is 700 g/mol. The molecule has 2 heterocycles. The summed E-state index contributed by atoms with van der Waals surface area (Å²) in [6.45, 7) is 0. The Kier molecular flexibility index (Phi) is 8.30. The molecular formula is C46H32N6O2. The van der Waals surface area contributed by atoms with Gasteiger partial charge in [-0.05, 0) is 97.1 Å². The quantitative estimate of drug-likeness (QED) is 0.118. The van der Waals surface area contributed by atoms with E-state index in [4.69, 9.17) is 9.97 Å². The van der Waals surface area contributed by atoms with Gasteiger partial charge in [-0.2, -0.15) is 0 Å². The Hall–Kier alpha value is -7.58. The molecule has 2 amide bonds. The molecule has 0 unspecified atom stereocenters. The highest BCUT2D eigenvalue weighted by Gasteiger charge is 2.13. The number of nitrogens with one attached hydrogen (secondary N) is 4. The van der Waals surface area contributed by atoms with Crippen LogP contribution in [0, 0.1) is 0 Å². The number of hydrogen-bond acceptors (Lipinski definition) is 6. The first-order valence-corrected chi connectivity index (χ1v) is 17.6. The summed E-state index contributed by atoms with van der Waals surface area (Å²) >= 11 is 0. The van der Waals surface area contributed by atoms with Gasteiger partial charge in [0.1, 0.15) is 0 Å². The van der Waals surface area contributed by atoms with E-state index in [9.17, 15) is 9.59 Å². The van der Waals surface area contributed by atoms with Crippen molar-refractivity contribution in [1.82, 2.24) is 9.97 Å². The van der Waals surface area contributed by atoms with E-state index in [1.807, 2.05) is 97.1 Å². The summed E-state index contributed by atoms with van der Waals surface area (Å²) in [6, 6.07) is 54.0. The third-order valence-corrected chi connectivity index (χ3v) is 9.41. The molecule has 0 atom stereocenters. The van der Waals surface area contributed by atoms with Crippen LogP contribution in [0.2, 0.25) is 0 Å². The van der Waals surface area contributed by atoms with E-state index in [1.54, 1.807) is 48.5 Å². The summed E-state index contributed by atoms with van der Waals surface area (Å²) in [7, 11) is 0. The highest BCUT2D eigenvalue weighted by Crippen LogP contribution is 2.34. The molecule has 0 bridgehead atoms. The van der Waals surface area contributed by atoms with Crippen LogP contribution in [-0.4, -0.2) is 21.8 Å². The van der Waals surface area contributed by atoms with Crippen molar-refractivity contribution in [2.45, 2.75) is 0 Å². The number of fused-ring (bicyclic) bond motifs is 4. The number of benzene rings is 7. The van der Waals surface area contributed by atoms with Gasteiger partial charge in [-0.3, -0.25) is 9.59 Å². The smallest absolute Gasteiger partial charge is 0.255 e. The molecule has 7 aromatic carbocycles. The fourth-order valence-corrected chi connectivity index (χ4v) is 6.69. The molecule has 0 fully saturated rings. The predicted molar refractivity (Wildman–Crippen MR) is 220 cm³/mol. The first kappa shape index (κ1) is 32.3. The van der Waals surface area contributed by atoms with Gasteiger partial charge in [0.05, 0.1) is 33.4 Å². The van der Waals surface area contributed by atoms with Gasteiger partial charge in [0.25, 0.3) is 11.8 Å². The fraction of sp³-hybridized carbons (Fsp3) is 0. The zero-order valence-electron chi connectivity index (χ0n) is 28.9. The molecule has 0 aliphatic rings. The lowest BCUT2D eigenvalue weighted by atomic mass is 10.1. The standard InChI is InChI=1S/C46H32N6O2/c53-45(29-17-21-31(22-18-29)47-43-35-9-1-5-13-39(35)51-40-14-6-2-10-36(40)43)49-33-25-27-34(28-26-33)50-46(54)30-19-23-32(24-20-30)48-44-37-11-3-7-15-41(37)52-42-16-8-4-12-38(42)44/h1-28H,(H,47,51)(H,48,52)(H,49,53)(H,50,54). The summed E-state index contributed by atoms with van der Waals surface area (Å²) in [6.07, 6.45) is 0. The van der Waals surface area contributed by atoms with Crippen LogP contribution in [0.1, 0.15) is 20.7 Å². The van der Waals surface area contributed by atoms with Crippen LogP contribution in [0.25, 0.3) is 43.6 Å². The van der Waals surface area contributed by atoms with Gasteiger partial charge in [-0.1, -0.05) is 72.8 Å². The van der Waals surface area contributed by atoms with Crippen LogP contribution in [0.4, 0.5) is 34.1 Å². The van der Waals surface area contributed by atoms with E-state index in [0.717, 1.165) is 66.4 Å². The van der Waals surface area contributed by atoms with Gasteiger partial charge in [-0.25, -0.2) is 9.97 Å². The average Bonchev–Trinajstić information content (AvgIpc) is 3.22. The first-order chi connectivity index (χ1) is 26.6. The third kappa shape index (κ3) is 6.40. The number of aromatic nitrogens is 2. The second kappa shape index (κ2) is 13.9. The molecule has 9 rings (SSSR count). The van der Waals surface area contributed by atoms with Crippen molar-refractivity contribution < 1.29 is 9.59 Å². The van der Waals surface area contributed by atoms with Crippen molar-refractivity contribution in [3.8, 4) is 0 Å². The lowest BCUT2D eigenvalue weighted by Gasteiger charge is -2.14. The number of rotatable bonds is 8. The first-order valence-electron chi connectivity index (χ1n) is 17.6. The molecule has 2 aromatic heterocycles. The van der Waals surface area contributed by atoms with E-state index in [-0.39, 0.29) is 11.8 Å². The van der Waals surface area contributed by atoms with Crippen molar-refractivity contribution in [2.24, 2.45) is 0 Å². The number of anilines is 6. The zero-order valence-corrected chi connectivity index (χ0v) is 28.9. The number of nitrogens with zero attached hydrogens (tertiary/aromatic N) is 2. The maximum Gasteiger partial charge on any atom is 0.255 e. The molecule has 0 spiro atoms. The van der Waals surface area contributed by atoms with Crippen molar-refractivity contribution >= 4 is 89.6 Å². The number of carbonyl (C=O) groups excluding carboxylic acids is 2.